The Bertz CT molecular complexity index is 1230. The molecular formula is C27H32ClFN4O3. The molecule has 1 amide bonds. The molecule has 0 radical (unpaired) electrons. The molecule has 3 aromatic rings. The van der Waals surface area contributed by atoms with Gasteiger partial charge in [0, 0.05) is 49.8 Å². The summed E-state index contributed by atoms with van der Waals surface area (Å²) in [4.78, 5) is 19.0. The van der Waals surface area contributed by atoms with Gasteiger partial charge in [0.25, 0.3) is 0 Å². The van der Waals surface area contributed by atoms with Crippen LogP contribution in [-0.2, 0) is 16.1 Å². The monoisotopic (exact) mass is 514 g/mol. The van der Waals surface area contributed by atoms with E-state index in [1.54, 1.807) is 12.1 Å². The van der Waals surface area contributed by atoms with Gasteiger partial charge < -0.3 is 19.4 Å². The Labute approximate surface area is 215 Å². The molecule has 192 valence electrons. The summed E-state index contributed by atoms with van der Waals surface area (Å²) in [7, 11) is 0. The van der Waals surface area contributed by atoms with Gasteiger partial charge >= 0.3 is 0 Å². The van der Waals surface area contributed by atoms with Gasteiger partial charge in [-0.15, -0.1) is 0 Å². The molecule has 7 nitrogen and oxygen atoms in total. The third kappa shape index (κ3) is 5.36. The van der Waals surface area contributed by atoms with Crippen LogP contribution in [0.3, 0.4) is 0 Å². The van der Waals surface area contributed by atoms with E-state index in [1.807, 2.05) is 29.7 Å². The van der Waals surface area contributed by atoms with Gasteiger partial charge in [0.1, 0.15) is 17.4 Å². The third-order valence-corrected chi connectivity index (χ3v) is 7.31. The van der Waals surface area contributed by atoms with Crippen LogP contribution >= 0.6 is 11.6 Å². The largest absolute Gasteiger partial charge is 0.493 e. The molecule has 5 rings (SSSR count). The van der Waals surface area contributed by atoms with Crippen molar-refractivity contribution in [3.8, 4) is 17.1 Å². The maximum Gasteiger partial charge on any atom is 0.217 e. The van der Waals surface area contributed by atoms with Crippen LogP contribution in [0.15, 0.2) is 36.4 Å². The van der Waals surface area contributed by atoms with E-state index in [0.717, 1.165) is 43.0 Å². The lowest BCUT2D eigenvalue weighted by Gasteiger charge is -2.34. The molecule has 1 aromatic heterocycles. The number of halogens is 2. The zero-order valence-electron chi connectivity index (χ0n) is 20.7. The van der Waals surface area contributed by atoms with Crippen LogP contribution in [0.2, 0.25) is 5.02 Å². The maximum absolute atomic E-state index is 13.8. The molecule has 2 aliphatic rings. The van der Waals surface area contributed by atoms with Crippen molar-refractivity contribution in [2.45, 2.75) is 57.8 Å². The quantitative estimate of drug-likeness (QED) is 0.421. The van der Waals surface area contributed by atoms with E-state index in [9.17, 15) is 9.18 Å². The predicted molar refractivity (Wildman–Crippen MR) is 138 cm³/mol. The van der Waals surface area contributed by atoms with Crippen LogP contribution in [0, 0.1) is 5.82 Å². The van der Waals surface area contributed by atoms with Crippen LogP contribution in [-0.4, -0.2) is 64.8 Å². The first-order valence-electron chi connectivity index (χ1n) is 12.6. The minimum absolute atomic E-state index is 0.0405. The smallest absolute Gasteiger partial charge is 0.217 e. The number of hydrogen-bond donors (Lipinski definition) is 1. The highest BCUT2D eigenvalue weighted by molar-refractivity contribution is 6.31. The molecule has 3 heterocycles. The number of carbonyl (C=O) groups is 1. The van der Waals surface area contributed by atoms with E-state index in [-0.39, 0.29) is 17.0 Å². The molecule has 3 atom stereocenters. The standard InChI is InChI=1S/C27H32ClFN4O3/c1-17(30-18(2)34)14-33-26-9-7-22(36-11-3-10-32-20-5-6-21(32)16-35-15-20)13-25(26)31-27(33)19-4-8-24(29)23(28)12-19/h4,7-9,12-13,17,20-21H,3,5-6,10-11,14-16H2,1-2H3,(H,30,34)/t17?,20-,21+. The Morgan fingerprint density at radius 3 is 2.75 bits per heavy atom. The van der Waals surface area contributed by atoms with Gasteiger partial charge in [0.05, 0.1) is 35.9 Å². The van der Waals surface area contributed by atoms with E-state index in [0.29, 0.717) is 36.6 Å². The summed E-state index contributed by atoms with van der Waals surface area (Å²) in [5.74, 6) is 0.842. The molecule has 1 N–H and O–H groups in total. The van der Waals surface area contributed by atoms with Crippen LogP contribution in [0.25, 0.3) is 22.4 Å². The summed E-state index contributed by atoms with van der Waals surface area (Å²) in [6, 6.07) is 11.4. The number of nitrogens with one attached hydrogen (secondary N) is 1. The fourth-order valence-corrected chi connectivity index (χ4v) is 5.60. The van der Waals surface area contributed by atoms with Crippen molar-refractivity contribution in [1.29, 1.82) is 0 Å². The van der Waals surface area contributed by atoms with Crippen molar-refractivity contribution in [3.63, 3.8) is 0 Å². The highest BCUT2D eigenvalue weighted by Gasteiger charge is 2.36. The molecule has 2 bridgehead atoms. The van der Waals surface area contributed by atoms with Crippen molar-refractivity contribution >= 4 is 28.5 Å². The Hall–Kier alpha value is -2.68. The van der Waals surface area contributed by atoms with Crippen LogP contribution in [0.4, 0.5) is 4.39 Å². The molecule has 0 aliphatic carbocycles. The van der Waals surface area contributed by atoms with Crippen molar-refractivity contribution < 1.29 is 18.7 Å². The predicted octanol–water partition coefficient (Wildman–Crippen LogP) is 4.65. The number of hydrogen-bond acceptors (Lipinski definition) is 5. The highest BCUT2D eigenvalue weighted by Crippen LogP contribution is 2.31. The van der Waals surface area contributed by atoms with Gasteiger partial charge in [0.15, 0.2) is 0 Å². The molecule has 2 fully saturated rings. The molecule has 0 spiro atoms. The van der Waals surface area contributed by atoms with Crippen molar-refractivity contribution in [1.82, 2.24) is 19.8 Å². The first-order valence-corrected chi connectivity index (χ1v) is 13.0. The Balaban J connectivity index is 1.33. The van der Waals surface area contributed by atoms with Crippen molar-refractivity contribution in [2.24, 2.45) is 0 Å². The Morgan fingerprint density at radius 2 is 2.03 bits per heavy atom. The van der Waals surface area contributed by atoms with E-state index in [2.05, 4.69) is 10.2 Å². The maximum atomic E-state index is 13.8. The fraction of sp³-hybridized carbons (Fsp3) is 0.481. The van der Waals surface area contributed by atoms with Gasteiger partial charge in [-0.05, 0) is 56.5 Å². The lowest BCUT2D eigenvalue weighted by molar-refractivity contribution is -0.119. The number of ether oxygens (including phenoxy) is 2. The van der Waals surface area contributed by atoms with Crippen LogP contribution in [0.1, 0.15) is 33.1 Å². The normalized spacial score (nSPS) is 20.6. The van der Waals surface area contributed by atoms with E-state index in [4.69, 9.17) is 26.1 Å². The van der Waals surface area contributed by atoms with Crippen molar-refractivity contribution in [3.05, 3.63) is 47.2 Å². The number of rotatable bonds is 9. The second kappa shape index (κ2) is 10.7. The summed E-state index contributed by atoms with van der Waals surface area (Å²) >= 11 is 6.06. The first kappa shape index (κ1) is 25.0. The van der Waals surface area contributed by atoms with Gasteiger partial charge in [-0.2, -0.15) is 0 Å². The average molecular weight is 515 g/mol. The third-order valence-electron chi connectivity index (χ3n) is 7.02. The van der Waals surface area contributed by atoms with Gasteiger partial charge in [-0.25, -0.2) is 9.37 Å². The molecule has 2 aromatic carbocycles. The lowest BCUT2D eigenvalue weighted by Crippen LogP contribution is -2.46. The number of morpholine rings is 1. The second-order valence-electron chi connectivity index (χ2n) is 9.79. The zero-order chi connectivity index (χ0) is 25.2. The second-order valence-corrected chi connectivity index (χ2v) is 10.2. The number of benzene rings is 2. The lowest BCUT2D eigenvalue weighted by atomic mass is 10.2. The molecule has 36 heavy (non-hydrogen) atoms. The van der Waals surface area contributed by atoms with Crippen LogP contribution in [0.5, 0.6) is 5.75 Å². The number of nitrogens with zero attached hydrogens (tertiary/aromatic N) is 3. The van der Waals surface area contributed by atoms with E-state index < -0.39 is 5.82 Å². The number of fused-ring (bicyclic) bond motifs is 3. The van der Waals surface area contributed by atoms with Crippen molar-refractivity contribution in [2.75, 3.05) is 26.4 Å². The van der Waals surface area contributed by atoms with Crippen LogP contribution < -0.4 is 10.1 Å². The summed E-state index contributed by atoms with van der Waals surface area (Å²) in [6.07, 6.45) is 3.41. The number of carbonyl (C=O) groups excluding carboxylic acids is 1. The van der Waals surface area contributed by atoms with Gasteiger partial charge in [-0.3, -0.25) is 9.69 Å². The summed E-state index contributed by atoms with van der Waals surface area (Å²) in [5, 5.41) is 2.96. The SMILES string of the molecule is CC(=O)NC(C)Cn1c(-c2ccc(F)c(Cl)c2)nc2cc(OCCCN3[C@@H]4CC[C@H]3COC4)ccc21. The molecule has 0 saturated carbocycles. The molecule has 1 unspecified atom stereocenters. The zero-order valence-corrected chi connectivity index (χ0v) is 21.4. The minimum Gasteiger partial charge on any atom is -0.493 e. The highest BCUT2D eigenvalue weighted by atomic mass is 35.5. The number of aromatic nitrogens is 2. The van der Waals surface area contributed by atoms with E-state index in [1.165, 1.54) is 25.8 Å². The summed E-state index contributed by atoms with van der Waals surface area (Å²) in [5.41, 5.74) is 2.37. The molecular weight excluding hydrogens is 483 g/mol. The van der Waals surface area contributed by atoms with Gasteiger partial charge in [0.2, 0.25) is 5.91 Å². The number of amides is 1. The first-order chi connectivity index (χ1) is 17.4. The minimum atomic E-state index is -0.476. The molecule has 9 heteroatoms. The summed E-state index contributed by atoms with van der Waals surface area (Å²) < 4.78 is 27.6. The van der Waals surface area contributed by atoms with E-state index >= 15 is 0 Å². The number of imidazole rings is 1. The fourth-order valence-electron chi connectivity index (χ4n) is 5.42. The van der Waals surface area contributed by atoms with Gasteiger partial charge in [-0.1, -0.05) is 11.6 Å². The summed E-state index contributed by atoms with van der Waals surface area (Å²) in [6.45, 7) is 7.28. The Morgan fingerprint density at radius 1 is 1.25 bits per heavy atom. The Kier molecular flexibility index (Phi) is 7.46. The average Bonchev–Trinajstić information content (AvgIpc) is 3.29. The topological polar surface area (TPSA) is 68.6 Å². The molecule has 2 saturated heterocycles. The molecule has 2 aliphatic heterocycles.